The number of nitrogens with one attached hydrogen (secondary N) is 1. The standard InChI is InChI=1S/C7H14N2O2/c1-5-8-11-6(10)9-7(2,3)4/h5H,1-4H3,(H,9,10)/b8-5+. The molecule has 64 valence electrons. The Labute approximate surface area is 66.6 Å². The van der Waals surface area contributed by atoms with E-state index in [0.717, 1.165) is 0 Å². The summed E-state index contributed by atoms with van der Waals surface area (Å²) in [5.74, 6) is 0. The highest BCUT2D eigenvalue weighted by Gasteiger charge is 2.13. The maximum Gasteiger partial charge on any atom is 0.433 e. The first kappa shape index (κ1) is 9.94. The highest BCUT2D eigenvalue weighted by atomic mass is 16.7. The Morgan fingerprint density at radius 2 is 2.09 bits per heavy atom. The van der Waals surface area contributed by atoms with Gasteiger partial charge in [0.2, 0.25) is 0 Å². The predicted molar refractivity (Wildman–Crippen MR) is 43.5 cm³/mol. The van der Waals surface area contributed by atoms with Gasteiger partial charge in [0, 0.05) is 11.8 Å². The van der Waals surface area contributed by atoms with Crippen LogP contribution >= 0.6 is 0 Å². The summed E-state index contributed by atoms with van der Waals surface area (Å²) >= 11 is 0. The summed E-state index contributed by atoms with van der Waals surface area (Å²) in [7, 11) is 0. The molecule has 0 saturated carbocycles. The van der Waals surface area contributed by atoms with E-state index >= 15 is 0 Å². The molecule has 0 radical (unpaired) electrons. The Morgan fingerprint density at radius 1 is 1.55 bits per heavy atom. The topological polar surface area (TPSA) is 50.7 Å². The minimum atomic E-state index is -0.532. The second kappa shape index (κ2) is 3.95. The highest BCUT2D eigenvalue weighted by Crippen LogP contribution is 1.98. The monoisotopic (exact) mass is 158 g/mol. The molecule has 0 saturated heterocycles. The van der Waals surface area contributed by atoms with Crippen molar-refractivity contribution < 1.29 is 9.63 Å². The van der Waals surface area contributed by atoms with Gasteiger partial charge in [0.25, 0.3) is 0 Å². The summed E-state index contributed by atoms with van der Waals surface area (Å²) in [4.78, 5) is 15.2. The molecule has 1 amide bonds. The summed E-state index contributed by atoms with van der Waals surface area (Å²) in [6.45, 7) is 7.27. The van der Waals surface area contributed by atoms with Gasteiger partial charge in [0.05, 0.1) is 0 Å². The highest BCUT2D eigenvalue weighted by molar-refractivity contribution is 5.68. The zero-order valence-electron chi connectivity index (χ0n) is 7.34. The average molecular weight is 158 g/mol. The summed E-state index contributed by atoms with van der Waals surface area (Å²) in [6.07, 6.45) is 0.873. The van der Waals surface area contributed by atoms with E-state index in [-0.39, 0.29) is 5.54 Å². The third-order valence-corrected chi connectivity index (χ3v) is 0.718. The minimum absolute atomic E-state index is 0.277. The molecule has 0 bridgehead atoms. The molecule has 0 aromatic heterocycles. The zero-order valence-corrected chi connectivity index (χ0v) is 7.34. The predicted octanol–water partition coefficient (Wildman–Crippen LogP) is 1.52. The van der Waals surface area contributed by atoms with E-state index in [2.05, 4.69) is 15.3 Å². The van der Waals surface area contributed by atoms with E-state index in [1.54, 1.807) is 6.92 Å². The molecule has 0 atom stereocenters. The van der Waals surface area contributed by atoms with Crippen molar-refractivity contribution >= 4 is 12.3 Å². The summed E-state index contributed by atoms with van der Waals surface area (Å²) in [6, 6.07) is 0. The number of nitrogens with zero attached hydrogens (tertiary/aromatic N) is 1. The third kappa shape index (κ3) is 6.83. The van der Waals surface area contributed by atoms with Crippen LogP contribution in [0.3, 0.4) is 0 Å². The van der Waals surface area contributed by atoms with Crippen LogP contribution in [0.25, 0.3) is 0 Å². The van der Waals surface area contributed by atoms with Gasteiger partial charge in [-0.1, -0.05) is 5.16 Å². The van der Waals surface area contributed by atoms with Gasteiger partial charge in [0.15, 0.2) is 0 Å². The van der Waals surface area contributed by atoms with Gasteiger partial charge in [-0.3, -0.25) is 4.84 Å². The minimum Gasteiger partial charge on any atom is -0.315 e. The maximum absolute atomic E-state index is 10.8. The molecule has 0 aromatic rings. The first-order valence-electron chi connectivity index (χ1n) is 3.43. The number of amides is 1. The van der Waals surface area contributed by atoms with Crippen molar-refractivity contribution in [3.63, 3.8) is 0 Å². The molecule has 0 spiro atoms. The average Bonchev–Trinajstić information content (AvgIpc) is 1.79. The molecule has 0 heterocycles. The molecule has 0 aliphatic heterocycles. The Balaban J connectivity index is 3.70. The van der Waals surface area contributed by atoms with Crippen molar-refractivity contribution in [2.45, 2.75) is 33.2 Å². The van der Waals surface area contributed by atoms with E-state index in [0.29, 0.717) is 0 Å². The Hall–Kier alpha value is -1.06. The maximum atomic E-state index is 10.8. The van der Waals surface area contributed by atoms with Crippen molar-refractivity contribution in [2.75, 3.05) is 0 Å². The van der Waals surface area contributed by atoms with Crippen LogP contribution in [0, 0.1) is 0 Å². The lowest BCUT2D eigenvalue weighted by Crippen LogP contribution is -2.40. The van der Waals surface area contributed by atoms with Crippen molar-refractivity contribution in [1.82, 2.24) is 5.32 Å². The molecule has 4 nitrogen and oxygen atoms in total. The number of carbonyl (C=O) groups is 1. The van der Waals surface area contributed by atoms with Crippen molar-refractivity contribution in [2.24, 2.45) is 5.16 Å². The van der Waals surface area contributed by atoms with E-state index in [4.69, 9.17) is 0 Å². The van der Waals surface area contributed by atoms with Crippen molar-refractivity contribution in [3.05, 3.63) is 0 Å². The van der Waals surface area contributed by atoms with E-state index in [1.165, 1.54) is 6.21 Å². The lowest BCUT2D eigenvalue weighted by molar-refractivity contribution is 0.142. The Bertz CT molecular complexity index is 158. The second-order valence-corrected chi connectivity index (χ2v) is 3.12. The van der Waals surface area contributed by atoms with Gasteiger partial charge in [-0.15, -0.1) is 0 Å². The van der Waals surface area contributed by atoms with Crippen molar-refractivity contribution in [1.29, 1.82) is 0 Å². The molecule has 0 aliphatic carbocycles. The molecule has 0 fully saturated rings. The zero-order chi connectivity index (χ0) is 8.91. The molecule has 0 aliphatic rings. The van der Waals surface area contributed by atoms with Gasteiger partial charge >= 0.3 is 6.09 Å². The van der Waals surface area contributed by atoms with Crippen LogP contribution in [0.2, 0.25) is 0 Å². The fourth-order valence-corrected chi connectivity index (χ4v) is 0.430. The van der Waals surface area contributed by atoms with Gasteiger partial charge in [-0.05, 0) is 27.7 Å². The fourth-order valence-electron chi connectivity index (χ4n) is 0.430. The Kier molecular flexibility index (Phi) is 3.57. The van der Waals surface area contributed by atoms with Crippen LogP contribution in [0.5, 0.6) is 0 Å². The molecule has 11 heavy (non-hydrogen) atoms. The molecule has 1 N–H and O–H groups in total. The van der Waals surface area contributed by atoms with Crippen LogP contribution < -0.4 is 5.32 Å². The molecule has 0 aromatic carbocycles. The largest absolute Gasteiger partial charge is 0.433 e. The quantitative estimate of drug-likeness (QED) is 0.357. The molecular weight excluding hydrogens is 144 g/mol. The number of hydrogen-bond donors (Lipinski definition) is 1. The number of hydrogen-bond acceptors (Lipinski definition) is 3. The van der Waals surface area contributed by atoms with Gasteiger partial charge in [0.1, 0.15) is 0 Å². The lowest BCUT2D eigenvalue weighted by atomic mass is 10.1. The van der Waals surface area contributed by atoms with Crippen molar-refractivity contribution in [3.8, 4) is 0 Å². The third-order valence-electron chi connectivity index (χ3n) is 0.718. The van der Waals surface area contributed by atoms with Crippen LogP contribution in [0.4, 0.5) is 4.79 Å². The van der Waals surface area contributed by atoms with Gasteiger partial charge in [-0.2, -0.15) is 0 Å². The Morgan fingerprint density at radius 3 is 2.45 bits per heavy atom. The number of carbonyl (C=O) groups excluding carboxylic acids is 1. The second-order valence-electron chi connectivity index (χ2n) is 3.12. The van der Waals surface area contributed by atoms with E-state index < -0.39 is 6.09 Å². The van der Waals surface area contributed by atoms with Crippen LogP contribution in [-0.4, -0.2) is 17.8 Å². The summed E-state index contributed by atoms with van der Waals surface area (Å²) in [5, 5.41) is 5.90. The van der Waals surface area contributed by atoms with Gasteiger partial charge < -0.3 is 5.32 Å². The molecular formula is C7H14N2O2. The number of oxime groups is 1. The van der Waals surface area contributed by atoms with Gasteiger partial charge in [-0.25, -0.2) is 4.79 Å². The summed E-state index contributed by atoms with van der Waals surface area (Å²) in [5.41, 5.74) is -0.277. The van der Waals surface area contributed by atoms with Crippen LogP contribution in [0.15, 0.2) is 5.16 Å². The molecule has 4 heteroatoms. The summed E-state index contributed by atoms with van der Waals surface area (Å²) < 4.78 is 0. The van der Waals surface area contributed by atoms with E-state index in [1.807, 2.05) is 20.8 Å². The first-order valence-corrected chi connectivity index (χ1v) is 3.43. The molecule has 0 unspecified atom stereocenters. The van der Waals surface area contributed by atoms with Crippen LogP contribution in [0.1, 0.15) is 27.7 Å². The number of rotatable bonds is 1. The van der Waals surface area contributed by atoms with Crippen LogP contribution in [-0.2, 0) is 4.84 Å². The SMILES string of the molecule is C/C=N/OC(=O)NC(C)(C)C. The smallest absolute Gasteiger partial charge is 0.315 e. The normalized spacial score (nSPS) is 11.6. The first-order chi connectivity index (χ1) is 4.95. The lowest BCUT2D eigenvalue weighted by Gasteiger charge is -2.18. The van der Waals surface area contributed by atoms with E-state index in [9.17, 15) is 4.79 Å². The molecule has 0 rings (SSSR count). The fraction of sp³-hybridized carbons (Fsp3) is 0.714.